The summed E-state index contributed by atoms with van der Waals surface area (Å²) in [6.45, 7) is 1.54. The van der Waals surface area contributed by atoms with Crippen molar-refractivity contribution in [2.45, 2.75) is 45.1 Å². The highest BCUT2D eigenvalue weighted by molar-refractivity contribution is 7.17. The van der Waals surface area contributed by atoms with Crippen molar-refractivity contribution in [2.75, 3.05) is 5.32 Å². The highest BCUT2D eigenvalue weighted by Gasteiger charge is 2.50. The first kappa shape index (κ1) is 17.9. The number of fused-ring (bicyclic) bond motifs is 2. The summed E-state index contributed by atoms with van der Waals surface area (Å²) in [7, 11) is 0. The van der Waals surface area contributed by atoms with Gasteiger partial charge < -0.3 is 11.1 Å². The SMILES string of the molecule is CC(C(=O)Nc1sc2c(c1C(N)=O)CCC2)N1C(=O)C2CC=CCC2C1=O. The van der Waals surface area contributed by atoms with Gasteiger partial charge in [-0.2, -0.15) is 0 Å². The molecule has 1 fully saturated rings. The lowest BCUT2D eigenvalue weighted by atomic mass is 9.85. The number of nitrogens with one attached hydrogen (secondary N) is 1. The van der Waals surface area contributed by atoms with Crippen LogP contribution in [0.15, 0.2) is 12.2 Å². The van der Waals surface area contributed by atoms with E-state index in [0.29, 0.717) is 23.4 Å². The lowest BCUT2D eigenvalue weighted by molar-refractivity contribution is -0.146. The maximum absolute atomic E-state index is 12.8. The Bertz CT molecular complexity index is 862. The molecule has 4 rings (SSSR count). The van der Waals surface area contributed by atoms with Crippen LogP contribution in [0.4, 0.5) is 5.00 Å². The molecule has 0 bridgehead atoms. The molecule has 0 radical (unpaired) electrons. The predicted octanol–water partition coefficient (Wildman–Crippen LogP) is 1.61. The van der Waals surface area contributed by atoms with Gasteiger partial charge in [0.15, 0.2) is 0 Å². The second-order valence-electron chi connectivity index (χ2n) is 7.29. The highest BCUT2D eigenvalue weighted by Crippen LogP contribution is 2.40. The van der Waals surface area contributed by atoms with Crippen LogP contribution in [-0.4, -0.2) is 34.6 Å². The number of nitrogens with zero attached hydrogens (tertiary/aromatic N) is 1. The molecule has 7 nitrogen and oxygen atoms in total. The van der Waals surface area contributed by atoms with Crippen molar-refractivity contribution in [1.82, 2.24) is 4.90 Å². The first-order valence-corrected chi connectivity index (χ1v) is 9.99. The van der Waals surface area contributed by atoms with Gasteiger partial charge in [0.05, 0.1) is 17.4 Å². The van der Waals surface area contributed by atoms with E-state index < -0.39 is 17.9 Å². The number of likely N-dealkylation sites (tertiary alicyclic amines) is 1. The van der Waals surface area contributed by atoms with E-state index in [1.54, 1.807) is 6.92 Å². The Morgan fingerprint density at radius 2 is 1.81 bits per heavy atom. The van der Waals surface area contributed by atoms with Crippen LogP contribution in [0.2, 0.25) is 0 Å². The smallest absolute Gasteiger partial charge is 0.251 e. The Balaban J connectivity index is 1.55. The molecule has 3 atom stereocenters. The summed E-state index contributed by atoms with van der Waals surface area (Å²) in [6, 6.07) is -0.937. The molecular weight excluding hydrogens is 366 g/mol. The van der Waals surface area contributed by atoms with Crippen molar-refractivity contribution in [3.63, 3.8) is 0 Å². The normalized spacial score (nSPS) is 24.7. The fourth-order valence-electron chi connectivity index (χ4n) is 4.29. The maximum atomic E-state index is 12.8. The minimum Gasteiger partial charge on any atom is -0.365 e. The van der Waals surface area contributed by atoms with Gasteiger partial charge in [-0.15, -0.1) is 11.3 Å². The molecular formula is C19H21N3O4S. The molecule has 1 aromatic heterocycles. The zero-order valence-corrected chi connectivity index (χ0v) is 15.8. The fraction of sp³-hybridized carbons (Fsp3) is 0.474. The summed E-state index contributed by atoms with van der Waals surface area (Å²) >= 11 is 1.36. The number of hydrogen-bond donors (Lipinski definition) is 2. The monoisotopic (exact) mass is 387 g/mol. The van der Waals surface area contributed by atoms with Crippen molar-refractivity contribution < 1.29 is 19.2 Å². The second-order valence-corrected chi connectivity index (χ2v) is 8.40. The van der Waals surface area contributed by atoms with E-state index in [9.17, 15) is 19.2 Å². The van der Waals surface area contributed by atoms with E-state index in [2.05, 4.69) is 5.32 Å². The Morgan fingerprint density at radius 1 is 1.19 bits per heavy atom. The number of hydrogen-bond acceptors (Lipinski definition) is 5. The van der Waals surface area contributed by atoms with Crippen LogP contribution >= 0.6 is 11.3 Å². The molecule has 1 aliphatic heterocycles. The van der Waals surface area contributed by atoms with Crippen molar-refractivity contribution in [3.05, 3.63) is 28.2 Å². The van der Waals surface area contributed by atoms with Gasteiger partial charge in [-0.25, -0.2) is 0 Å². The number of rotatable bonds is 4. The average molecular weight is 387 g/mol. The number of nitrogens with two attached hydrogens (primary N) is 1. The molecule has 3 unspecified atom stereocenters. The molecule has 0 spiro atoms. The number of carbonyl (C=O) groups is 4. The number of imide groups is 1. The van der Waals surface area contributed by atoms with Gasteiger partial charge >= 0.3 is 0 Å². The third-order valence-corrected chi connectivity index (χ3v) is 6.92. The molecule has 142 valence electrons. The molecule has 3 aliphatic rings. The summed E-state index contributed by atoms with van der Waals surface area (Å²) in [5, 5.41) is 3.16. The zero-order valence-electron chi connectivity index (χ0n) is 15.0. The summed E-state index contributed by atoms with van der Waals surface area (Å²) in [6.07, 6.45) is 7.49. The van der Waals surface area contributed by atoms with E-state index in [1.807, 2.05) is 12.2 Å². The number of thiophene rings is 1. The van der Waals surface area contributed by atoms with Gasteiger partial charge in [0.2, 0.25) is 17.7 Å². The first-order chi connectivity index (χ1) is 12.9. The van der Waals surface area contributed by atoms with E-state index >= 15 is 0 Å². The lowest BCUT2D eigenvalue weighted by Gasteiger charge is -2.22. The van der Waals surface area contributed by atoms with Crippen LogP contribution in [-0.2, 0) is 27.2 Å². The van der Waals surface area contributed by atoms with Gasteiger partial charge in [-0.1, -0.05) is 12.2 Å². The van der Waals surface area contributed by atoms with Crippen LogP contribution in [0.1, 0.15) is 47.0 Å². The van der Waals surface area contributed by atoms with E-state index in [1.165, 1.54) is 11.3 Å². The number of anilines is 1. The Hall–Kier alpha value is -2.48. The van der Waals surface area contributed by atoms with Crippen molar-refractivity contribution in [3.8, 4) is 0 Å². The minimum atomic E-state index is -0.937. The molecule has 2 aliphatic carbocycles. The van der Waals surface area contributed by atoms with E-state index in [-0.39, 0.29) is 23.7 Å². The lowest BCUT2D eigenvalue weighted by Crippen LogP contribution is -2.46. The van der Waals surface area contributed by atoms with E-state index in [0.717, 1.165) is 34.6 Å². The molecule has 8 heteroatoms. The fourth-order valence-corrected chi connectivity index (χ4v) is 5.59. The van der Waals surface area contributed by atoms with Crippen LogP contribution in [0.25, 0.3) is 0 Å². The standard InChI is InChI=1S/C19H21N3O4S/c1-9(22-18(25)10-5-2-3-6-11(10)19(22)26)16(24)21-17-14(15(20)23)12-7-4-8-13(12)27-17/h2-3,9-11H,4-8H2,1H3,(H2,20,23)(H,21,24). The van der Waals surface area contributed by atoms with Crippen LogP contribution in [0.5, 0.6) is 0 Å². The van der Waals surface area contributed by atoms with E-state index in [4.69, 9.17) is 5.73 Å². The van der Waals surface area contributed by atoms with Crippen molar-refractivity contribution in [2.24, 2.45) is 17.6 Å². The predicted molar refractivity (Wildman–Crippen MR) is 100 cm³/mol. The van der Waals surface area contributed by atoms with Crippen molar-refractivity contribution in [1.29, 1.82) is 0 Å². The summed E-state index contributed by atoms with van der Waals surface area (Å²) in [5.41, 5.74) is 6.80. The topological polar surface area (TPSA) is 110 Å². The maximum Gasteiger partial charge on any atom is 0.251 e. The number of aryl methyl sites for hydroxylation is 1. The van der Waals surface area contributed by atoms with Crippen LogP contribution < -0.4 is 11.1 Å². The molecule has 0 aromatic carbocycles. The molecule has 1 saturated heterocycles. The first-order valence-electron chi connectivity index (χ1n) is 9.17. The van der Waals surface area contributed by atoms with Gasteiger partial charge in [-0.05, 0) is 44.6 Å². The van der Waals surface area contributed by atoms with Crippen LogP contribution in [0.3, 0.4) is 0 Å². The largest absolute Gasteiger partial charge is 0.365 e. The molecule has 0 saturated carbocycles. The number of amides is 4. The molecule has 3 N–H and O–H groups in total. The van der Waals surface area contributed by atoms with Gasteiger partial charge in [0.1, 0.15) is 11.0 Å². The molecule has 4 amide bonds. The third kappa shape index (κ3) is 2.79. The summed E-state index contributed by atoms with van der Waals surface area (Å²) in [4.78, 5) is 52.1. The van der Waals surface area contributed by atoms with Gasteiger partial charge in [0, 0.05) is 4.88 Å². The Kier molecular flexibility index (Phi) is 4.38. The molecule has 27 heavy (non-hydrogen) atoms. The number of carbonyl (C=O) groups excluding carboxylic acids is 4. The number of allylic oxidation sites excluding steroid dienone is 2. The minimum absolute atomic E-state index is 0.291. The van der Waals surface area contributed by atoms with Gasteiger partial charge in [-0.3, -0.25) is 24.1 Å². The average Bonchev–Trinajstić information content (AvgIpc) is 3.27. The molecule has 1 aromatic rings. The van der Waals surface area contributed by atoms with Gasteiger partial charge in [0.25, 0.3) is 5.91 Å². The Morgan fingerprint density at radius 3 is 2.41 bits per heavy atom. The second kappa shape index (κ2) is 6.60. The Labute approximate surface area is 160 Å². The number of primary amides is 1. The third-order valence-electron chi connectivity index (χ3n) is 5.71. The highest BCUT2D eigenvalue weighted by atomic mass is 32.1. The zero-order chi connectivity index (χ0) is 19.3. The van der Waals surface area contributed by atoms with Crippen molar-refractivity contribution >= 4 is 40.0 Å². The van der Waals surface area contributed by atoms with Crippen LogP contribution in [0, 0.1) is 11.8 Å². The quantitative estimate of drug-likeness (QED) is 0.604. The summed E-state index contributed by atoms with van der Waals surface area (Å²) < 4.78 is 0. The summed E-state index contributed by atoms with van der Waals surface area (Å²) in [5.74, 6) is -2.37. The molecule has 2 heterocycles.